The van der Waals surface area contributed by atoms with Gasteiger partial charge in [-0.15, -0.1) is 0 Å². The van der Waals surface area contributed by atoms with E-state index in [0.29, 0.717) is 10.6 Å². The van der Waals surface area contributed by atoms with Gasteiger partial charge in [-0.2, -0.15) is 5.06 Å². The zero-order valence-corrected chi connectivity index (χ0v) is 15.5. The van der Waals surface area contributed by atoms with Gasteiger partial charge in [0.1, 0.15) is 23.6 Å². The lowest BCUT2D eigenvalue weighted by Gasteiger charge is -2.48. The van der Waals surface area contributed by atoms with Crippen molar-refractivity contribution in [2.45, 2.75) is 42.7 Å². The molecule has 1 aliphatic rings. The van der Waals surface area contributed by atoms with Gasteiger partial charge in [0.25, 0.3) is 0 Å². The van der Waals surface area contributed by atoms with Crippen molar-refractivity contribution in [2.24, 2.45) is 11.7 Å². The van der Waals surface area contributed by atoms with Crippen LogP contribution in [0.4, 0.5) is 0 Å². The number of β-amino-alcohol motifs (C(OH)–C–C–N with tert-alkyl or cyclic N) is 1. The van der Waals surface area contributed by atoms with Gasteiger partial charge in [0.2, 0.25) is 0 Å². The van der Waals surface area contributed by atoms with Gasteiger partial charge in [0.05, 0.1) is 31.2 Å². The highest BCUT2D eigenvalue weighted by atomic mass is 16.5. The molecule has 9 N–H and O–H groups in total. The molecule has 0 saturated carbocycles. The maximum atomic E-state index is 12.5. The Morgan fingerprint density at radius 3 is 2.34 bits per heavy atom. The summed E-state index contributed by atoms with van der Waals surface area (Å²) >= 11 is 0. The van der Waals surface area contributed by atoms with E-state index in [9.17, 15) is 45.4 Å². The second-order valence-corrected chi connectivity index (χ2v) is 7.31. The minimum Gasteiger partial charge on any atom is -0.508 e. The Labute approximate surface area is 166 Å². The summed E-state index contributed by atoms with van der Waals surface area (Å²) in [4.78, 5) is 24.2. The summed E-state index contributed by atoms with van der Waals surface area (Å²) in [5.74, 6) is -3.83. The van der Waals surface area contributed by atoms with E-state index in [1.54, 1.807) is 12.1 Å². The highest BCUT2D eigenvalue weighted by molar-refractivity contribution is 5.88. The SMILES string of the molecule is N[C@@H](Cc1ccc(O)cc1)C(=O)C[C@H](C(=O)O)[C@H]1[C@H](O)[C@@](O)(CO)[C@H](O)CN1O. The molecular formula is C18H26N2O9. The number of carboxylic acid groups (broad SMARTS) is 1. The molecule has 6 atom stereocenters. The van der Waals surface area contributed by atoms with Gasteiger partial charge >= 0.3 is 5.97 Å². The Bertz CT molecular complexity index is 729. The summed E-state index contributed by atoms with van der Waals surface area (Å²) in [5, 5.41) is 69.1. The summed E-state index contributed by atoms with van der Waals surface area (Å²) in [6.45, 7) is -1.73. The first-order valence-electron chi connectivity index (χ1n) is 8.95. The van der Waals surface area contributed by atoms with Crippen molar-refractivity contribution in [3.63, 3.8) is 0 Å². The number of rotatable bonds is 8. The number of phenolic OH excluding ortho intramolecular Hbond substituents is 1. The normalized spacial score (nSPS) is 29.9. The lowest BCUT2D eigenvalue weighted by atomic mass is 9.76. The number of aliphatic carboxylic acids is 1. The molecular weight excluding hydrogens is 388 g/mol. The molecule has 0 bridgehead atoms. The molecule has 1 heterocycles. The van der Waals surface area contributed by atoms with Gasteiger partial charge in [-0.3, -0.25) is 9.59 Å². The predicted molar refractivity (Wildman–Crippen MR) is 96.9 cm³/mol. The number of hydroxylamine groups is 2. The molecule has 0 aromatic heterocycles. The number of carboxylic acids is 1. The van der Waals surface area contributed by atoms with Gasteiger partial charge in [-0.1, -0.05) is 12.1 Å². The molecule has 11 heteroatoms. The Morgan fingerprint density at radius 1 is 1.24 bits per heavy atom. The predicted octanol–water partition coefficient (Wildman–Crippen LogP) is -2.56. The summed E-state index contributed by atoms with van der Waals surface area (Å²) in [6.07, 6.45) is -4.39. The number of nitrogens with two attached hydrogens (primary N) is 1. The maximum absolute atomic E-state index is 12.5. The molecule has 2 rings (SSSR count). The smallest absolute Gasteiger partial charge is 0.308 e. The third-order valence-electron chi connectivity index (χ3n) is 5.33. The number of aliphatic hydroxyl groups is 4. The Balaban J connectivity index is 2.16. The molecule has 1 aromatic rings. The third kappa shape index (κ3) is 4.90. The van der Waals surface area contributed by atoms with Gasteiger partial charge < -0.3 is 41.6 Å². The fourth-order valence-electron chi connectivity index (χ4n) is 3.46. The van der Waals surface area contributed by atoms with Crippen molar-refractivity contribution in [1.82, 2.24) is 5.06 Å². The third-order valence-corrected chi connectivity index (χ3v) is 5.33. The van der Waals surface area contributed by atoms with E-state index in [0.717, 1.165) is 0 Å². The monoisotopic (exact) mass is 414 g/mol. The summed E-state index contributed by atoms with van der Waals surface area (Å²) in [5.41, 5.74) is 4.03. The van der Waals surface area contributed by atoms with Crippen molar-refractivity contribution >= 4 is 11.8 Å². The summed E-state index contributed by atoms with van der Waals surface area (Å²) < 4.78 is 0. The number of hydrogen-bond donors (Lipinski definition) is 8. The van der Waals surface area contributed by atoms with Crippen molar-refractivity contribution in [1.29, 1.82) is 0 Å². The van der Waals surface area contributed by atoms with Crippen LogP contribution in [0.3, 0.4) is 0 Å². The fraction of sp³-hybridized carbons (Fsp3) is 0.556. The number of aliphatic hydroxyl groups excluding tert-OH is 3. The second-order valence-electron chi connectivity index (χ2n) is 7.31. The largest absolute Gasteiger partial charge is 0.508 e. The molecule has 11 nitrogen and oxygen atoms in total. The number of benzene rings is 1. The first-order valence-corrected chi connectivity index (χ1v) is 8.95. The standard InChI is InChI=1S/C18H26N2O9/c19-12(5-9-1-3-10(22)4-2-9)13(23)6-11(17(26)27)15-16(25)18(28,8-21)14(24)7-20(15)29/h1-4,11-12,14-16,21-22,24-25,28-29H,5-8,19H2,(H,26,27)/t11-,12-,14+,15-,16-,18+/m0/s1. The Kier molecular flexibility index (Phi) is 7.30. The van der Waals surface area contributed by atoms with E-state index in [-0.39, 0.29) is 12.2 Å². The van der Waals surface area contributed by atoms with Gasteiger partial charge in [-0.05, 0) is 24.1 Å². The number of aromatic hydroxyl groups is 1. The van der Waals surface area contributed by atoms with E-state index >= 15 is 0 Å². The van der Waals surface area contributed by atoms with Gasteiger partial charge in [0, 0.05) is 6.42 Å². The highest BCUT2D eigenvalue weighted by Crippen LogP contribution is 2.32. The molecule has 1 aromatic carbocycles. The lowest BCUT2D eigenvalue weighted by molar-refractivity contribution is -0.285. The Hall–Kier alpha value is -2.12. The van der Waals surface area contributed by atoms with Crippen LogP contribution in [-0.2, 0) is 16.0 Å². The molecule has 0 aliphatic carbocycles. The highest BCUT2D eigenvalue weighted by Gasteiger charge is 2.56. The van der Waals surface area contributed by atoms with E-state index < -0.39 is 67.1 Å². The molecule has 1 fully saturated rings. The molecule has 0 radical (unpaired) electrons. The average Bonchev–Trinajstić information content (AvgIpc) is 2.66. The maximum Gasteiger partial charge on any atom is 0.308 e. The Morgan fingerprint density at radius 2 is 1.83 bits per heavy atom. The van der Waals surface area contributed by atoms with Crippen LogP contribution in [0, 0.1) is 5.92 Å². The minimum atomic E-state index is -2.46. The summed E-state index contributed by atoms with van der Waals surface area (Å²) in [6, 6.07) is 3.18. The van der Waals surface area contributed by atoms with E-state index in [2.05, 4.69) is 0 Å². The van der Waals surface area contributed by atoms with Crippen molar-refractivity contribution in [3.05, 3.63) is 29.8 Å². The number of carbonyl (C=O) groups is 2. The van der Waals surface area contributed by atoms with Crippen molar-refractivity contribution in [3.8, 4) is 5.75 Å². The van der Waals surface area contributed by atoms with Crippen molar-refractivity contribution < 1.29 is 45.4 Å². The number of phenols is 1. The van der Waals surface area contributed by atoms with Crippen LogP contribution in [0.2, 0.25) is 0 Å². The van der Waals surface area contributed by atoms with Crippen LogP contribution < -0.4 is 5.73 Å². The lowest BCUT2D eigenvalue weighted by Crippen LogP contribution is -2.71. The second kappa shape index (κ2) is 9.13. The molecule has 29 heavy (non-hydrogen) atoms. The van der Waals surface area contributed by atoms with Gasteiger partial charge in [0.15, 0.2) is 5.78 Å². The van der Waals surface area contributed by atoms with E-state index in [4.69, 9.17) is 5.73 Å². The van der Waals surface area contributed by atoms with Gasteiger partial charge in [-0.25, -0.2) is 0 Å². The van der Waals surface area contributed by atoms with Crippen LogP contribution >= 0.6 is 0 Å². The molecule has 1 saturated heterocycles. The number of hydrogen-bond acceptors (Lipinski definition) is 10. The fourth-order valence-corrected chi connectivity index (χ4v) is 3.46. The first-order chi connectivity index (χ1) is 13.5. The first kappa shape index (κ1) is 23.2. The number of ketones is 1. The molecule has 0 amide bonds. The molecule has 0 spiro atoms. The molecule has 162 valence electrons. The zero-order chi connectivity index (χ0) is 21.9. The quantitative estimate of drug-likeness (QED) is 0.222. The van der Waals surface area contributed by atoms with Crippen LogP contribution in [0.25, 0.3) is 0 Å². The molecule has 1 aliphatic heterocycles. The minimum absolute atomic E-state index is 0.0347. The number of nitrogens with zero attached hydrogens (tertiary/aromatic N) is 1. The van der Waals surface area contributed by atoms with E-state index in [1.165, 1.54) is 12.1 Å². The number of piperidine rings is 1. The average molecular weight is 414 g/mol. The van der Waals surface area contributed by atoms with Crippen LogP contribution in [0.5, 0.6) is 5.75 Å². The van der Waals surface area contributed by atoms with Crippen LogP contribution in [0.1, 0.15) is 12.0 Å². The zero-order valence-electron chi connectivity index (χ0n) is 15.5. The summed E-state index contributed by atoms with van der Waals surface area (Å²) in [7, 11) is 0. The topological polar surface area (TPSA) is 205 Å². The molecule has 0 unspecified atom stereocenters. The number of carbonyl (C=O) groups excluding carboxylic acids is 1. The van der Waals surface area contributed by atoms with E-state index in [1.807, 2.05) is 0 Å². The van der Waals surface area contributed by atoms with Crippen LogP contribution in [0.15, 0.2) is 24.3 Å². The van der Waals surface area contributed by atoms with Crippen molar-refractivity contribution in [2.75, 3.05) is 13.2 Å². The van der Waals surface area contributed by atoms with Crippen LogP contribution in [-0.4, -0.2) is 95.7 Å². The number of Topliss-reactive ketones (excluding diaryl/α,β-unsaturated/α-hetero) is 1.